The standard InChI is InChI=1S/C22H33N5O6S/c1-13(2)23-19(28)18-14(3)20(26(24-18)22(7,8)9)33-16-11-10-15(27(29)30)12-17(16)34(31,32)25-21(4,5)6/h10-13,25H,1-9H3,(H,23,28). The summed E-state index contributed by atoms with van der Waals surface area (Å²) in [6.07, 6.45) is 0. The molecule has 34 heavy (non-hydrogen) atoms. The number of hydrogen-bond acceptors (Lipinski definition) is 7. The maximum atomic E-state index is 13.1. The van der Waals surface area contributed by atoms with Crippen molar-refractivity contribution < 1.29 is 22.9 Å². The van der Waals surface area contributed by atoms with Gasteiger partial charge in [-0.15, -0.1) is 0 Å². The highest BCUT2D eigenvalue weighted by atomic mass is 32.2. The Kier molecular flexibility index (Phi) is 7.48. The minimum Gasteiger partial charge on any atom is -0.438 e. The molecular weight excluding hydrogens is 462 g/mol. The highest BCUT2D eigenvalue weighted by molar-refractivity contribution is 7.89. The molecule has 1 heterocycles. The van der Waals surface area contributed by atoms with E-state index in [0.717, 1.165) is 12.1 Å². The molecule has 0 atom stereocenters. The second-order valence-corrected chi connectivity index (χ2v) is 12.0. The van der Waals surface area contributed by atoms with Crippen LogP contribution in [-0.2, 0) is 15.6 Å². The third-order valence-corrected chi connectivity index (χ3v) is 6.19. The van der Waals surface area contributed by atoms with Crippen molar-refractivity contribution >= 4 is 21.6 Å². The molecule has 0 fully saturated rings. The lowest BCUT2D eigenvalue weighted by Crippen LogP contribution is -2.40. The van der Waals surface area contributed by atoms with E-state index in [4.69, 9.17) is 4.74 Å². The summed E-state index contributed by atoms with van der Waals surface area (Å²) in [5.41, 5.74) is -1.33. The maximum absolute atomic E-state index is 13.1. The van der Waals surface area contributed by atoms with Crippen LogP contribution in [0.5, 0.6) is 11.6 Å². The summed E-state index contributed by atoms with van der Waals surface area (Å²) >= 11 is 0. The van der Waals surface area contributed by atoms with E-state index >= 15 is 0 Å². The van der Waals surface area contributed by atoms with Crippen LogP contribution in [0.15, 0.2) is 23.1 Å². The number of nitro groups is 1. The molecule has 12 heteroatoms. The molecule has 2 N–H and O–H groups in total. The van der Waals surface area contributed by atoms with Crippen molar-refractivity contribution in [3.8, 4) is 11.6 Å². The van der Waals surface area contributed by atoms with Gasteiger partial charge in [-0.2, -0.15) is 5.10 Å². The van der Waals surface area contributed by atoms with Crippen LogP contribution in [0.25, 0.3) is 0 Å². The van der Waals surface area contributed by atoms with Crippen LogP contribution in [0.3, 0.4) is 0 Å². The van der Waals surface area contributed by atoms with Crippen molar-refractivity contribution in [2.24, 2.45) is 0 Å². The number of nitrogens with one attached hydrogen (secondary N) is 2. The first-order valence-corrected chi connectivity index (χ1v) is 12.2. The average Bonchev–Trinajstić information content (AvgIpc) is 2.96. The van der Waals surface area contributed by atoms with Gasteiger partial charge in [0.15, 0.2) is 5.69 Å². The van der Waals surface area contributed by atoms with Crippen LogP contribution in [0.1, 0.15) is 71.4 Å². The summed E-state index contributed by atoms with van der Waals surface area (Å²) in [6, 6.07) is 3.21. The fourth-order valence-electron chi connectivity index (χ4n) is 3.07. The van der Waals surface area contributed by atoms with Crippen molar-refractivity contribution in [3.05, 3.63) is 39.6 Å². The number of hydrogen-bond donors (Lipinski definition) is 2. The Morgan fingerprint density at radius 2 is 1.76 bits per heavy atom. The Morgan fingerprint density at radius 1 is 1.18 bits per heavy atom. The molecule has 0 aliphatic rings. The van der Waals surface area contributed by atoms with Gasteiger partial charge < -0.3 is 10.1 Å². The van der Waals surface area contributed by atoms with Crippen molar-refractivity contribution in [3.63, 3.8) is 0 Å². The zero-order chi connectivity index (χ0) is 26.2. The van der Waals surface area contributed by atoms with Gasteiger partial charge in [-0.25, -0.2) is 17.8 Å². The Morgan fingerprint density at radius 3 is 2.24 bits per heavy atom. The van der Waals surface area contributed by atoms with Crippen LogP contribution >= 0.6 is 0 Å². The average molecular weight is 496 g/mol. The highest BCUT2D eigenvalue weighted by Crippen LogP contribution is 2.37. The van der Waals surface area contributed by atoms with E-state index in [1.54, 1.807) is 27.7 Å². The van der Waals surface area contributed by atoms with Gasteiger partial charge in [-0.05, 0) is 68.4 Å². The number of aromatic nitrogens is 2. The van der Waals surface area contributed by atoms with Gasteiger partial charge in [0, 0.05) is 29.3 Å². The number of benzene rings is 1. The first kappa shape index (κ1) is 27.3. The largest absolute Gasteiger partial charge is 0.438 e. The van der Waals surface area contributed by atoms with E-state index in [9.17, 15) is 23.3 Å². The van der Waals surface area contributed by atoms with Gasteiger partial charge >= 0.3 is 0 Å². The molecule has 0 saturated heterocycles. The Hall–Kier alpha value is -2.99. The van der Waals surface area contributed by atoms with E-state index in [2.05, 4.69) is 15.1 Å². The van der Waals surface area contributed by atoms with Crippen molar-refractivity contribution in [2.45, 2.75) is 84.3 Å². The Bertz CT molecular complexity index is 1200. The van der Waals surface area contributed by atoms with Crippen molar-refractivity contribution in [1.29, 1.82) is 0 Å². The van der Waals surface area contributed by atoms with Gasteiger partial charge in [0.05, 0.1) is 10.5 Å². The number of nitro benzene ring substituents is 1. The van der Waals surface area contributed by atoms with Gasteiger partial charge in [0.1, 0.15) is 10.6 Å². The van der Waals surface area contributed by atoms with Gasteiger partial charge in [0.2, 0.25) is 15.9 Å². The van der Waals surface area contributed by atoms with Crippen LogP contribution < -0.4 is 14.8 Å². The lowest BCUT2D eigenvalue weighted by molar-refractivity contribution is -0.385. The predicted octanol–water partition coefficient (Wildman–Crippen LogP) is 3.86. The molecule has 1 aromatic carbocycles. The number of amides is 1. The molecule has 0 aliphatic heterocycles. The molecule has 1 aromatic heterocycles. The molecule has 1 amide bonds. The molecular formula is C22H33N5O6S. The topological polar surface area (TPSA) is 145 Å². The van der Waals surface area contributed by atoms with E-state index in [1.807, 2.05) is 34.6 Å². The fraction of sp³-hybridized carbons (Fsp3) is 0.545. The number of carbonyl (C=O) groups is 1. The van der Waals surface area contributed by atoms with Gasteiger partial charge in [-0.1, -0.05) is 0 Å². The minimum atomic E-state index is -4.20. The smallest absolute Gasteiger partial charge is 0.272 e. The summed E-state index contributed by atoms with van der Waals surface area (Å²) in [5, 5.41) is 18.6. The molecule has 188 valence electrons. The van der Waals surface area contributed by atoms with Crippen LogP contribution in [-0.4, -0.2) is 40.6 Å². The second kappa shape index (κ2) is 9.34. The first-order chi connectivity index (χ1) is 15.3. The molecule has 0 bridgehead atoms. The summed E-state index contributed by atoms with van der Waals surface area (Å²) in [4.78, 5) is 23.0. The monoisotopic (exact) mass is 495 g/mol. The van der Waals surface area contributed by atoms with Crippen molar-refractivity contribution in [2.75, 3.05) is 0 Å². The maximum Gasteiger partial charge on any atom is 0.272 e. The summed E-state index contributed by atoms with van der Waals surface area (Å²) < 4.78 is 36.3. The van der Waals surface area contributed by atoms with Gasteiger partial charge in [0.25, 0.3) is 11.6 Å². The fourth-order valence-corrected chi connectivity index (χ4v) is 4.63. The van der Waals surface area contributed by atoms with Gasteiger partial charge in [-0.3, -0.25) is 14.9 Å². The highest BCUT2D eigenvalue weighted by Gasteiger charge is 2.32. The number of carbonyl (C=O) groups excluding carboxylic acids is 1. The molecule has 0 unspecified atom stereocenters. The number of ether oxygens (including phenoxy) is 1. The summed E-state index contributed by atoms with van der Waals surface area (Å²) in [7, 11) is -4.20. The third kappa shape index (κ3) is 6.32. The summed E-state index contributed by atoms with van der Waals surface area (Å²) in [6.45, 7) is 15.8. The van der Waals surface area contributed by atoms with Crippen LogP contribution in [0.2, 0.25) is 0 Å². The number of nitrogens with zero attached hydrogens (tertiary/aromatic N) is 3. The van der Waals surface area contributed by atoms with E-state index in [-0.39, 0.29) is 23.4 Å². The lowest BCUT2D eigenvalue weighted by Gasteiger charge is -2.24. The van der Waals surface area contributed by atoms with Crippen LogP contribution in [0.4, 0.5) is 5.69 Å². The Labute approximate surface area is 200 Å². The zero-order valence-electron chi connectivity index (χ0n) is 21.0. The molecule has 0 saturated carbocycles. The second-order valence-electron chi connectivity index (χ2n) is 10.3. The number of rotatable bonds is 7. The zero-order valence-corrected chi connectivity index (χ0v) is 21.8. The minimum absolute atomic E-state index is 0.119. The lowest BCUT2D eigenvalue weighted by atomic mass is 10.1. The van der Waals surface area contributed by atoms with E-state index in [1.165, 1.54) is 10.7 Å². The first-order valence-electron chi connectivity index (χ1n) is 10.7. The number of sulfonamides is 1. The quantitative estimate of drug-likeness (QED) is 0.438. The summed E-state index contributed by atoms with van der Waals surface area (Å²) in [5.74, 6) is -0.375. The Balaban J connectivity index is 2.72. The molecule has 0 aliphatic carbocycles. The molecule has 2 aromatic rings. The molecule has 11 nitrogen and oxygen atoms in total. The third-order valence-electron chi connectivity index (χ3n) is 4.41. The molecule has 0 spiro atoms. The molecule has 0 radical (unpaired) electrons. The van der Waals surface area contributed by atoms with E-state index in [0.29, 0.717) is 5.56 Å². The van der Waals surface area contributed by atoms with Crippen LogP contribution in [0, 0.1) is 17.0 Å². The number of non-ortho nitro benzene ring substituents is 1. The van der Waals surface area contributed by atoms with Crippen molar-refractivity contribution in [1.82, 2.24) is 19.8 Å². The predicted molar refractivity (Wildman–Crippen MR) is 128 cm³/mol. The normalized spacial score (nSPS) is 12.6. The molecule has 2 rings (SSSR count). The van der Waals surface area contributed by atoms with E-state index < -0.39 is 42.5 Å². The SMILES string of the molecule is Cc1c(C(=O)NC(C)C)nn(C(C)(C)C)c1Oc1ccc([N+](=O)[O-])cc1S(=O)(=O)NC(C)(C)C.